The molecule has 1 unspecified atom stereocenters. The summed E-state index contributed by atoms with van der Waals surface area (Å²) in [5.74, 6) is -0.161. The second-order valence-corrected chi connectivity index (χ2v) is 6.72. The molecule has 2 fully saturated rings. The fourth-order valence-electron chi connectivity index (χ4n) is 3.63. The third kappa shape index (κ3) is 4.76. The standard InChI is InChI=1S/C17H26N4O2.2ClH/c1-12-6-10-21(14-4-7-19-8-5-14)17(23)15(12)16(22)20-9-2-3-13(18)11-20;;/h6,10,13-14,19H,2-5,7-9,11,18H2,1H3;2*1H. The maximum absolute atomic E-state index is 12.9. The topological polar surface area (TPSA) is 80.4 Å². The van der Waals surface area contributed by atoms with Gasteiger partial charge in [-0.1, -0.05) is 0 Å². The molecular formula is C17H28Cl2N4O2. The molecule has 0 spiro atoms. The number of hydrogen-bond donors (Lipinski definition) is 2. The Morgan fingerprint density at radius 3 is 2.56 bits per heavy atom. The number of likely N-dealkylation sites (tertiary alicyclic amines) is 1. The van der Waals surface area contributed by atoms with E-state index in [0.717, 1.165) is 44.3 Å². The largest absolute Gasteiger partial charge is 0.337 e. The molecule has 0 bridgehead atoms. The number of nitrogens with two attached hydrogens (primary N) is 1. The highest BCUT2D eigenvalue weighted by Crippen LogP contribution is 2.18. The molecule has 0 saturated carbocycles. The smallest absolute Gasteiger partial charge is 0.263 e. The number of nitrogens with zero attached hydrogens (tertiary/aromatic N) is 2. The number of amides is 1. The first-order chi connectivity index (χ1) is 11.1. The minimum atomic E-state index is -0.161. The molecule has 1 atom stereocenters. The van der Waals surface area contributed by atoms with Gasteiger partial charge in [-0.15, -0.1) is 24.8 Å². The first kappa shape index (κ1) is 22.0. The van der Waals surface area contributed by atoms with Gasteiger partial charge < -0.3 is 20.5 Å². The van der Waals surface area contributed by atoms with Crippen molar-refractivity contribution < 1.29 is 4.79 Å². The van der Waals surface area contributed by atoms with E-state index in [1.54, 1.807) is 9.47 Å². The summed E-state index contributed by atoms with van der Waals surface area (Å²) in [4.78, 5) is 27.5. The normalized spacial score (nSPS) is 21.2. The lowest BCUT2D eigenvalue weighted by molar-refractivity contribution is 0.0705. The van der Waals surface area contributed by atoms with Crippen molar-refractivity contribution in [1.82, 2.24) is 14.8 Å². The van der Waals surface area contributed by atoms with Crippen LogP contribution in [0.15, 0.2) is 17.1 Å². The number of pyridine rings is 1. The second kappa shape index (κ2) is 9.57. The summed E-state index contributed by atoms with van der Waals surface area (Å²) >= 11 is 0. The molecule has 142 valence electrons. The maximum atomic E-state index is 12.9. The van der Waals surface area contributed by atoms with Gasteiger partial charge in [0.25, 0.3) is 11.5 Å². The molecule has 1 amide bonds. The highest BCUT2D eigenvalue weighted by Gasteiger charge is 2.27. The monoisotopic (exact) mass is 390 g/mol. The Balaban J connectivity index is 0.00000156. The molecule has 25 heavy (non-hydrogen) atoms. The summed E-state index contributed by atoms with van der Waals surface area (Å²) in [6, 6.07) is 2.09. The van der Waals surface area contributed by atoms with Crippen LogP contribution in [0.2, 0.25) is 0 Å². The van der Waals surface area contributed by atoms with Crippen LogP contribution in [0.4, 0.5) is 0 Å². The van der Waals surface area contributed by atoms with E-state index in [4.69, 9.17) is 5.73 Å². The zero-order valence-corrected chi connectivity index (χ0v) is 16.2. The van der Waals surface area contributed by atoms with Gasteiger partial charge in [-0.3, -0.25) is 9.59 Å². The number of carbonyl (C=O) groups excluding carboxylic acids is 1. The minimum absolute atomic E-state index is 0. The summed E-state index contributed by atoms with van der Waals surface area (Å²) in [5, 5.41) is 3.30. The van der Waals surface area contributed by atoms with Gasteiger partial charge in [0.2, 0.25) is 0 Å². The Morgan fingerprint density at radius 2 is 1.92 bits per heavy atom. The van der Waals surface area contributed by atoms with Crippen LogP contribution in [-0.4, -0.2) is 47.6 Å². The predicted molar refractivity (Wildman–Crippen MR) is 104 cm³/mol. The lowest BCUT2D eigenvalue weighted by Gasteiger charge is -2.31. The van der Waals surface area contributed by atoms with Crippen molar-refractivity contribution >= 4 is 30.7 Å². The number of carbonyl (C=O) groups is 1. The van der Waals surface area contributed by atoms with E-state index in [2.05, 4.69) is 5.32 Å². The van der Waals surface area contributed by atoms with Crippen LogP contribution in [0.5, 0.6) is 0 Å². The van der Waals surface area contributed by atoms with E-state index >= 15 is 0 Å². The third-order valence-electron chi connectivity index (χ3n) is 4.99. The number of aromatic nitrogens is 1. The van der Waals surface area contributed by atoms with Crippen molar-refractivity contribution in [2.75, 3.05) is 26.2 Å². The zero-order chi connectivity index (χ0) is 16.4. The number of rotatable bonds is 2. The van der Waals surface area contributed by atoms with E-state index in [1.165, 1.54) is 0 Å². The van der Waals surface area contributed by atoms with Crippen LogP contribution >= 0.6 is 24.8 Å². The van der Waals surface area contributed by atoms with Crippen molar-refractivity contribution in [2.24, 2.45) is 5.73 Å². The van der Waals surface area contributed by atoms with Crippen LogP contribution in [-0.2, 0) is 0 Å². The zero-order valence-electron chi connectivity index (χ0n) is 14.6. The molecule has 0 aromatic carbocycles. The van der Waals surface area contributed by atoms with Gasteiger partial charge in [0.05, 0.1) is 0 Å². The molecule has 3 rings (SSSR count). The van der Waals surface area contributed by atoms with E-state index in [1.807, 2.05) is 19.2 Å². The van der Waals surface area contributed by atoms with E-state index in [-0.39, 0.29) is 48.4 Å². The van der Waals surface area contributed by atoms with Gasteiger partial charge >= 0.3 is 0 Å². The Kier molecular flexibility index (Phi) is 8.41. The molecule has 2 aliphatic rings. The van der Waals surface area contributed by atoms with Gasteiger partial charge in [-0.25, -0.2) is 0 Å². The summed E-state index contributed by atoms with van der Waals surface area (Å²) < 4.78 is 1.75. The Hall–Kier alpha value is -1.08. The minimum Gasteiger partial charge on any atom is -0.337 e. The molecular weight excluding hydrogens is 363 g/mol. The highest BCUT2D eigenvalue weighted by molar-refractivity contribution is 5.95. The highest BCUT2D eigenvalue weighted by atomic mass is 35.5. The van der Waals surface area contributed by atoms with Gasteiger partial charge in [-0.2, -0.15) is 0 Å². The number of aryl methyl sites for hydroxylation is 1. The second-order valence-electron chi connectivity index (χ2n) is 6.72. The Morgan fingerprint density at radius 1 is 1.24 bits per heavy atom. The third-order valence-corrected chi connectivity index (χ3v) is 4.99. The van der Waals surface area contributed by atoms with Crippen molar-refractivity contribution in [3.05, 3.63) is 33.7 Å². The fourth-order valence-corrected chi connectivity index (χ4v) is 3.63. The number of hydrogen-bond acceptors (Lipinski definition) is 4. The Labute approximate surface area is 161 Å². The summed E-state index contributed by atoms with van der Waals surface area (Å²) in [6.45, 7) is 4.89. The van der Waals surface area contributed by atoms with Gasteiger partial charge in [0.1, 0.15) is 5.56 Å². The van der Waals surface area contributed by atoms with E-state index in [0.29, 0.717) is 18.7 Å². The number of piperidine rings is 2. The first-order valence-corrected chi connectivity index (χ1v) is 8.55. The summed E-state index contributed by atoms with van der Waals surface area (Å²) in [6.07, 6.45) is 5.53. The molecule has 8 heteroatoms. The molecule has 0 aliphatic carbocycles. The molecule has 1 aromatic heterocycles. The molecule has 2 aliphatic heterocycles. The predicted octanol–water partition coefficient (Wildman–Crippen LogP) is 1.49. The quantitative estimate of drug-likeness (QED) is 0.801. The van der Waals surface area contributed by atoms with E-state index in [9.17, 15) is 9.59 Å². The molecule has 3 N–H and O–H groups in total. The van der Waals surface area contributed by atoms with Crippen molar-refractivity contribution in [2.45, 2.75) is 44.7 Å². The molecule has 3 heterocycles. The van der Waals surface area contributed by atoms with Crippen LogP contribution in [0.3, 0.4) is 0 Å². The summed E-state index contributed by atoms with van der Waals surface area (Å²) in [5.41, 5.74) is 6.90. The average Bonchev–Trinajstić information content (AvgIpc) is 2.55. The molecule has 1 aromatic rings. The van der Waals surface area contributed by atoms with Gasteiger partial charge in [0, 0.05) is 31.4 Å². The number of nitrogens with one attached hydrogen (secondary N) is 1. The van der Waals surface area contributed by atoms with Crippen molar-refractivity contribution in [3.8, 4) is 0 Å². The van der Waals surface area contributed by atoms with Crippen LogP contribution in [0.1, 0.15) is 47.6 Å². The molecule has 0 radical (unpaired) electrons. The van der Waals surface area contributed by atoms with Crippen molar-refractivity contribution in [3.63, 3.8) is 0 Å². The van der Waals surface area contributed by atoms with Crippen LogP contribution in [0.25, 0.3) is 0 Å². The lowest BCUT2D eigenvalue weighted by Crippen LogP contribution is -2.47. The SMILES string of the molecule is Cc1ccn(C2CCNCC2)c(=O)c1C(=O)N1CCCC(N)C1.Cl.Cl. The van der Waals surface area contributed by atoms with Crippen LogP contribution in [0, 0.1) is 6.92 Å². The molecule has 2 saturated heterocycles. The lowest BCUT2D eigenvalue weighted by atomic mass is 10.0. The Bertz CT molecular complexity index is 644. The number of halogens is 2. The van der Waals surface area contributed by atoms with Crippen LogP contribution < -0.4 is 16.6 Å². The van der Waals surface area contributed by atoms with Crippen molar-refractivity contribution in [1.29, 1.82) is 0 Å². The summed E-state index contributed by atoms with van der Waals surface area (Å²) in [7, 11) is 0. The average molecular weight is 391 g/mol. The first-order valence-electron chi connectivity index (χ1n) is 8.55. The van der Waals surface area contributed by atoms with E-state index < -0.39 is 0 Å². The fraction of sp³-hybridized carbons (Fsp3) is 0.647. The van der Waals surface area contributed by atoms with Gasteiger partial charge in [0.15, 0.2) is 0 Å². The molecule has 6 nitrogen and oxygen atoms in total. The maximum Gasteiger partial charge on any atom is 0.263 e. The van der Waals surface area contributed by atoms with Gasteiger partial charge in [-0.05, 0) is 57.3 Å².